The molecule has 0 bridgehead atoms. The predicted octanol–water partition coefficient (Wildman–Crippen LogP) is -0.0126. The molecule has 0 fully saturated rings. The van der Waals surface area contributed by atoms with Gasteiger partial charge in [-0.25, -0.2) is 0 Å². The number of hydrogen-bond acceptors (Lipinski definition) is 4. The highest BCUT2D eigenvalue weighted by Gasteiger charge is 2.12. The van der Waals surface area contributed by atoms with Crippen LogP contribution in [0.5, 0.6) is 0 Å². The van der Waals surface area contributed by atoms with E-state index < -0.39 is 5.97 Å². The number of carbonyl (C=O) groups excluding carboxylic acids is 2. The summed E-state index contributed by atoms with van der Waals surface area (Å²) in [4.78, 5) is 31.1. The van der Waals surface area contributed by atoms with Gasteiger partial charge in [-0.3, -0.25) is 9.59 Å². The van der Waals surface area contributed by atoms with Crippen molar-refractivity contribution in [3.63, 3.8) is 0 Å². The van der Waals surface area contributed by atoms with Gasteiger partial charge in [-0.1, -0.05) is 0 Å². The molecule has 2 N–H and O–H groups in total. The predicted molar refractivity (Wildman–Crippen MR) is 50.0 cm³/mol. The Bertz CT molecular complexity index is 215. The molecule has 0 aromatic carbocycles. The Morgan fingerprint density at radius 2 is 2.14 bits per heavy atom. The molecule has 14 heavy (non-hydrogen) atoms. The summed E-state index contributed by atoms with van der Waals surface area (Å²) in [7, 11) is 0. The smallest absolute Gasteiger partial charge is 0.304 e. The molecule has 0 saturated heterocycles. The van der Waals surface area contributed by atoms with Gasteiger partial charge in [-0.05, 0) is 13.3 Å². The fourth-order valence-corrected chi connectivity index (χ4v) is 1.04. The van der Waals surface area contributed by atoms with E-state index in [1.165, 1.54) is 6.92 Å². The van der Waals surface area contributed by atoms with Gasteiger partial charge in [0.1, 0.15) is 12.1 Å². The normalized spacial score (nSPS) is 12.1. The van der Waals surface area contributed by atoms with Crippen molar-refractivity contribution < 1.29 is 19.5 Å². The number of ketones is 1. The van der Waals surface area contributed by atoms with E-state index in [0.29, 0.717) is 12.8 Å². The third kappa shape index (κ3) is 7.42. The molecule has 0 radical (unpaired) electrons. The second kappa shape index (κ2) is 7.20. The molecule has 0 rings (SSSR count). The number of Topliss-reactive ketones (excluding diaryl/α,β-unsaturated/α-hetero) is 1. The topological polar surface area (TPSA) is 83.5 Å². The van der Waals surface area contributed by atoms with Gasteiger partial charge < -0.3 is 15.2 Å². The minimum Gasteiger partial charge on any atom is -0.481 e. The first-order valence-electron chi connectivity index (χ1n) is 4.44. The molecule has 0 aliphatic heterocycles. The summed E-state index contributed by atoms with van der Waals surface area (Å²) in [5.74, 6) is -0.983. The van der Waals surface area contributed by atoms with Crippen LogP contribution in [0.15, 0.2) is 0 Å². The van der Waals surface area contributed by atoms with Crippen molar-refractivity contribution in [1.82, 2.24) is 5.32 Å². The van der Waals surface area contributed by atoms with E-state index >= 15 is 0 Å². The molecule has 0 aliphatic rings. The highest BCUT2D eigenvalue weighted by molar-refractivity contribution is 5.77. The van der Waals surface area contributed by atoms with Gasteiger partial charge in [0.05, 0.1) is 13.0 Å². The zero-order valence-corrected chi connectivity index (χ0v) is 8.16. The summed E-state index contributed by atoms with van der Waals surface area (Å²) in [6, 6.07) is -0.304. The average molecular weight is 201 g/mol. The first-order valence-corrected chi connectivity index (χ1v) is 4.44. The van der Waals surface area contributed by atoms with E-state index in [1.54, 1.807) is 0 Å². The first kappa shape index (κ1) is 12.8. The van der Waals surface area contributed by atoms with E-state index in [4.69, 9.17) is 5.11 Å². The van der Waals surface area contributed by atoms with Crippen molar-refractivity contribution in [2.75, 3.05) is 6.54 Å². The average Bonchev–Trinajstić information content (AvgIpc) is 2.09. The van der Waals surface area contributed by atoms with Crippen LogP contribution in [0.4, 0.5) is 0 Å². The first-order chi connectivity index (χ1) is 6.56. The molecule has 5 heteroatoms. The van der Waals surface area contributed by atoms with Gasteiger partial charge >= 0.3 is 5.97 Å². The maximum absolute atomic E-state index is 10.6. The molecule has 80 valence electrons. The van der Waals surface area contributed by atoms with Crippen LogP contribution in [0.1, 0.15) is 26.2 Å². The molecule has 1 unspecified atom stereocenters. The Morgan fingerprint density at radius 3 is 2.57 bits per heavy atom. The summed E-state index contributed by atoms with van der Waals surface area (Å²) >= 11 is 0. The van der Waals surface area contributed by atoms with Crippen molar-refractivity contribution in [2.24, 2.45) is 0 Å². The minimum atomic E-state index is -0.933. The van der Waals surface area contributed by atoms with Crippen LogP contribution in [0.3, 0.4) is 0 Å². The monoisotopic (exact) mass is 201 g/mol. The highest BCUT2D eigenvalue weighted by atomic mass is 16.4. The maximum Gasteiger partial charge on any atom is 0.304 e. The Hall–Kier alpha value is -1.23. The zero-order chi connectivity index (χ0) is 11.0. The number of nitrogens with one attached hydrogen (secondary N) is 1. The van der Waals surface area contributed by atoms with Gasteiger partial charge in [0, 0.05) is 12.5 Å². The second-order valence-electron chi connectivity index (χ2n) is 3.12. The van der Waals surface area contributed by atoms with Gasteiger partial charge in [-0.2, -0.15) is 0 Å². The van der Waals surface area contributed by atoms with Crippen LogP contribution in [0, 0.1) is 0 Å². The molecule has 0 spiro atoms. The number of aliphatic carboxylic acids is 1. The number of rotatable bonds is 8. The Balaban J connectivity index is 3.89. The molecular formula is C9H15NO4. The fraction of sp³-hybridized carbons (Fsp3) is 0.667. The van der Waals surface area contributed by atoms with Crippen LogP contribution in [0.2, 0.25) is 0 Å². The summed E-state index contributed by atoms with van der Waals surface area (Å²) in [5.41, 5.74) is 0. The Labute approximate surface area is 82.5 Å². The Morgan fingerprint density at radius 1 is 1.50 bits per heavy atom. The lowest BCUT2D eigenvalue weighted by atomic mass is 10.1. The Kier molecular flexibility index (Phi) is 6.57. The molecule has 0 aromatic heterocycles. The summed E-state index contributed by atoms with van der Waals surface area (Å²) in [6.45, 7) is 1.57. The van der Waals surface area contributed by atoms with Gasteiger partial charge in [0.15, 0.2) is 0 Å². The van der Waals surface area contributed by atoms with Crippen molar-refractivity contribution in [3.05, 3.63) is 0 Å². The summed E-state index contributed by atoms with van der Waals surface area (Å²) < 4.78 is 0. The number of carboxylic acids is 1. The van der Waals surface area contributed by atoms with Crippen LogP contribution < -0.4 is 5.32 Å². The van der Waals surface area contributed by atoms with Crippen molar-refractivity contribution in [2.45, 2.75) is 32.2 Å². The van der Waals surface area contributed by atoms with E-state index in [-0.39, 0.29) is 24.8 Å². The summed E-state index contributed by atoms with van der Waals surface area (Å²) in [6.07, 6.45) is 1.43. The molecular weight excluding hydrogens is 186 g/mol. The number of carboxylic acid groups (broad SMARTS) is 1. The lowest BCUT2D eigenvalue weighted by Crippen LogP contribution is -2.34. The third-order valence-electron chi connectivity index (χ3n) is 1.69. The van der Waals surface area contributed by atoms with Crippen molar-refractivity contribution in [3.8, 4) is 0 Å². The lowest BCUT2D eigenvalue weighted by molar-refractivity contribution is -0.137. The number of carbonyl (C=O) groups is 3. The van der Waals surface area contributed by atoms with Gasteiger partial charge in [-0.15, -0.1) is 0 Å². The third-order valence-corrected chi connectivity index (χ3v) is 1.69. The van der Waals surface area contributed by atoms with Crippen LogP contribution >= 0.6 is 0 Å². The van der Waals surface area contributed by atoms with Crippen LogP contribution in [0.25, 0.3) is 0 Å². The van der Waals surface area contributed by atoms with Crippen LogP contribution in [-0.2, 0) is 14.4 Å². The van der Waals surface area contributed by atoms with E-state index in [2.05, 4.69) is 5.32 Å². The standard InChI is InChI=1S/C9H15NO4/c1-7(12)6-10-8(3-2-4-11)5-9(13)14/h4,8,10H,2-3,5-6H2,1H3,(H,13,14). The number of aldehydes is 1. The van der Waals surface area contributed by atoms with Crippen molar-refractivity contribution in [1.29, 1.82) is 0 Å². The molecule has 0 aromatic rings. The van der Waals surface area contributed by atoms with E-state index in [9.17, 15) is 14.4 Å². The molecule has 0 aliphatic carbocycles. The van der Waals surface area contributed by atoms with E-state index in [0.717, 1.165) is 6.29 Å². The lowest BCUT2D eigenvalue weighted by Gasteiger charge is -2.14. The SMILES string of the molecule is CC(=O)CNC(CCC=O)CC(=O)O. The molecule has 0 amide bonds. The van der Waals surface area contributed by atoms with Crippen LogP contribution in [-0.4, -0.2) is 35.7 Å². The minimum absolute atomic E-state index is 0.0495. The molecule has 1 atom stereocenters. The van der Waals surface area contributed by atoms with Gasteiger partial charge in [0.25, 0.3) is 0 Å². The zero-order valence-electron chi connectivity index (χ0n) is 8.16. The van der Waals surface area contributed by atoms with E-state index in [1.807, 2.05) is 0 Å². The quantitative estimate of drug-likeness (QED) is 0.539. The molecule has 0 heterocycles. The largest absolute Gasteiger partial charge is 0.481 e. The fourth-order valence-electron chi connectivity index (χ4n) is 1.04. The van der Waals surface area contributed by atoms with Crippen molar-refractivity contribution >= 4 is 18.0 Å². The van der Waals surface area contributed by atoms with Gasteiger partial charge in [0.2, 0.25) is 0 Å². The second-order valence-corrected chi connectivity index (χ2v) is 3.12. The maximum atomic E-state index is 10.6. The number of hydrogen-bond donors (Lipinski definition) is 2. The highest BCUT2D eigenvalue weighted by Crippen LogP contribution is 2.00. The summed E-state index contributed by atoms with van der Waals surface area (Å²) in [5, 5.41) is 11.3. The molecule has 0 saturated carbocycles. The molecule has 5 nitrogen and oxygen atoms in total.